The third kappa shape index (κ3) is 3.25. The molecule has 0 atom stereocenters. The highest BCUT2D eigenvalue weighted by Crippen LogP contribution is 2.10. The normalized spacial score (nSPS) is 10.7. The largest absolute Gasteiger partial charge is 0.291 e. The maximum Gasteiger partial charge on any atom is 0.291 e. The van der Waals surface area contributed by atoms with Crippen molar-refractivity contribution >= 4 is 17.8 Å². The van der Waals surface area contributed by atoms with Gasteiger partial charge in [-0.1, -0.05) is 0 Å². The minimum atomic E-state index is -0.484. The number of hydrazone groups is 1. The Morgan fingerprint density at radius 1 is 1.45 bits per heavy atom. The molecule has 0 unspecified atom stereocenters. The van der Waals surface area contributed by atoms with E-state index < -0.39 is 10.8 Å². The van der Waals surface area contributed by atoms with Crippen LogP contribution in [0.5, 0.6) is 0 Å². The average Bonchev–Trinajstić information content (AvgIpc) is 2.86. The summed E-state index contributed by atoms with van der Waals surface area (Å²) in [6.45, 7) is 1.78. The third-order valence-electron chi connectivity index (χ3n) is 2.42. The van der Waals surface area contributed by atoms with E-state index in [2.05, 4.69) is 20.7 Å². The van der Waals surface area contributed by atoms with E-state index in [1.165, 1.54) is 30.5 Å². The Hall–Kier alpha value is -3.03. The molecule has 1 heterocycles. The highest BCUT2D eigenvalue weighted by Gasteiger charge is 2.07. The number of rotatable bonds is 4. The first-order valence-electron chi connectivity index (χ1n) is 5.66. The van der Waals surface area contributed by atoms with Gasteiger partial charge in [0, 0.05) is 17.8 Å². The van der Waals surface area contributed by atoms with Crippen molar-refractivity contribution in [2.45, 2.75) is 6.92 Å². The van der Waals surface area contributed by atoms with E-state index in [0.29, 0.717) is 5.56 Å². The van der Waals surface area contributed by atoms with Gasteiger partial charge in [0.15, 0.2) is 5.69 Å². The Morgan fingerprint density at radius 3 is 2.70 bits per heavy atom. The highest BCUT2D eigenvalue weighted by molar-refractivity contribution is 5.93. The molecule has 0 radical (unpaired) electrons. The average molecular weight is 273 g/mol. The molecule has 1 amide bonds. The Balaban J connectivity index is 1.96. The third-order valence-corrected chi connectivity index (χ3v) is 2.42. The molecule has 0 saturated heterocycles. The Bertz CT molecular complexity index is 660. The summed E-state index contributed by atoms with van der Waals surface area (Å²) < 4.78 is 0. The lowest BCUT2D eigenvalue weighted by Crippen LogP contribution is -2.17. The summed E-state index contributed by atoms with van der Waals surface area (Å²) in [7, 11) is 0. The number of H-pyrrole nitrogens is 1. The fraction of sp³-hybridized carbons (Fsp3) is 0.0833. The van der Waals surface area contributed by atoms with Crippen LogP contribution in [-0.4, -0.2) is 27.2 Å². The molecule has 0 fully saturated rings. The second-order valence-electron chi connectivity index (χ2n) is 3.98. The Morgan fingerprint density at radius 2 is 2.15 bits per heavy atom. The highest BCUT2D eigenvalue weighted by atomic mass is 16.6. The number of nitrogens with one attached hydrogen (secondary N) is 2. The molecule has 20 heavy (non-hydrogen) atoms. The van der Waals surface area contributed by atoms with Crippen molar-refractivity contribution < 1.29 is 9.72 Å². The van der Waals surface area contributed by atoms with E-state index in [-0.39, 0.29) is 11.4 Å². The Kier molecular flexibility index (Phi) is 3.85. The molecule has 2 rings (SSSR count). The van der Waals surface area contributed by atoms with E-state index >= 15 is 0 Å². The number of aryl methyl sites for hydroxylation is 1. The molecule has 0 saturated carbocycles. The van der Waals surface area contributed by atoms with Crippen molar-refractivity contribution in [3.05, 3.63) is 57.4 Å². The molecular weight excluding hydrogens is 262 g/mol. The van der Waals surface area contributed by atoms with Crippen molar-refractivity contribution in [1.82, 2.24) is 15.6 Å². The summed E-state index contributed by atoms with van der Waals surface area (Å²) in [5.41, 5.74) is 3.96. The number of nitro benzene ring substituents is 1. The van der Waals surface area contributed by atoms with Crippen LogP contribution in [-0.2, 0) is 0 Å². The molecule has 2 N–H and O–H groups in total. The SMILES string of the molecule is Cc1cc(C(=O)N/N=C\c2ccc([N+](=O)[O-])cc2)n[nH]1. The smallest absolute Gasteiger partial charge is 0.282 e. The van der Waals surface area contributed by atoms with Gasteiger partial charge in [-0.25, -0.2) is 5.43 Å². The lowest BCUT2D eigenvalue weighted by molar-refractivity contribution is -0.384. The van der Waals surface area contributed by atoms with Gasteiger partial charge in [0.25, 0.3) is 11.6 Å². The fourth-order valence-corrected chi connectivity index (χ4v) is 1.44. The van der Waals surface area contributed by atoms with E-state index in [1.807, 2.05) is 0 Å². The van der Waals surface area contributed by atoms with E-state index in [4.69, 9.17) is 0 Å². The molecule has 0 aliphatic heterocycles. The minimum Gasteiger partial charge on any atom is -0.282 e. The molecule has 102 valence electrons. The fourth-order valence-electron chi connectivity index (χ4n) is 1.44. The monoisotopic (exact) mass is 273 g/mol. The molecule has 0 bridgehead atoms. The number of amides is 1. The number of hydrogen-bond acceptors (Lipinski definition) is 5. The summed E-state index contributed by atoms with van der Waals surface area (Å²) in [4.78, 5) is 21.6. The van der Waals surface area contributed by atoms with Crippen LogP contribution >= 0.6 is 0 Å². The maximum atomic E-state index is 11.6. The first-order valence-corrected chi connectivity index (χ1v) is 5.66. The van der Waals surface area contributed by atoms with E-state index in [1.54, 1.807) is 13.0 Å². The van der Waals surface area contributed by atoms with Crippen molar-refractivity contribution in [3.8, 4) is 0 Å². The topological polar surface area (TPSA) is 113 Å². The summed E-state index contributed by atoms with van der Waals surface area (Å²) in [5, 5.41) is 20.7. The standard InChI is InChI=1S/C12H11N5O3/c1-8-6-11(15-14-8)12(18)16-13-7-9-2-4-10(5-3-9)17(19)20/h2-7H,1H3,(H,14,15)(H,16,18)/b13-7-. The van der Waals surface area contributed by atoms with Gasteiger partial charge in [-0.2, -0.15) is 10.2 Å². The van der Waals surface area contributed by atoms with Crippen molar-refractivity contribution in [2.24, 2.45) is 5.10 Å². The zero-order chi connectivity index (χ0) is 14.5. The van der Waals surface area contributed by atoms with E-state index in [9.17, 15) is 14.9 Å². The number of carbonyl (C=O) groups is 1. The van der Waals surface area contributed by atoms with Crippen LogP contribution in [0.3, 0.4) is 0 Å². The number of nitro groups is 1. The van der Waals surface area contributed by atoms with Crippen LogP contribution in [0.15, 0.2) is 35.4 Å². The predicted octanol–water partition coefficient (Wildman–Crippen LogP) is 1.39. The van der Waals surface area contributed by atoms with Gasteiger partial charge in [-0.05, 0) is 30.7 Å². The number of aromatic amines is 1. The first-order chi connectivity index (χ1) is 9.56. The van der Waals surface area contributed by atoms with Crippen molar-refractivity contribution in [2.75, 3.05) is 0 Å². The maximum absolute atomic E-state index is 11.6. The van der Waals surface area contributed by atoms with Gasteiger partial charge < -0.3 is 0 Å². The number of hydrogen-bond donors (Lipinski definition) is 2. The lowest BCUT2D eigenvalue weighted by Gasteiger charge is -1.95. The summed E-state index contributed by atoms with van der Waals surface area (Å²) >= 11 is 0. The van der Waals surface area contributed by atoms with Gasteiger partial charge in [-0.3, -0.25) is 20.0 Å². The van der Waals surface area contributed by atoms with Crippen LogP contribution in [0, 0.1) is 17.0 Å². The first kappa shape index (κ1) is 13.4. The van der Waals surface area contributed by atoms with Gasteiger partial charge >= 0.3 is 0 Å². The Labute approximate surface area is 113 Å². The molecule has 1 aromatic heterocycles. The second-order valence-corrected chi connectivity index (χ2v) is 3.98. The number of nitrogens with zero attached hydrogens (tertiary/aromatic N) is 3. The molecular formula is C12H11N5O3. The van der Waals surface area contributed by atoms with Gasteiger partial charge in [0.2, 0.25) is 0 Å². The second kappa shape index (κ2) is 5.74. The van der Waals surface area contributed by atoms with Crippen molar-refractivity contribution in [3.63, 3.8) is 0 Å². The van der Waals surface area contributed by atoms with Crippen LogP contribution in [0.1, 0.15) is 21.7 Å². The molecule has 0 spiro atoms. The molecule has 8 heteroatoms. The summed E-state index contributed by atoms with van der Waals surface area (Å²) in [6.07, 6.45) is 1.39. The number of aromatic nitrogens is 2. The van der Waals surface area contributed by atoms with Crippen molar-refractivity contribution in [1.29, 1.82) is 0 Å². The van der Waals surface area contributed by atoms with Crippen LogP contribution in [0.25, 0.3) is 0 Å². The van der Waals surface area contributed by atoms with Gasteiger partial charge in [-0.15, -0.1) is 0 Å². The zero-order valence-corrected chi connectivity index (χ0v) is 10.5. The minimum absolute atomic E-state index is 0.00168. The van der Waals surface area contributed by atoms with Gasteiger partial charge in [0.05, 0.1) is 11.1 Å². The molecule has 0 aliphatic carbocycles. The molecule has 0 aliphatic rings. The molecule has 1 aromatic carbocycles. The lowest BCUT2D eigenvalue weighted by atomic mass is 10.2. The zero-order valence-electron chi connectivity index (χ0n) is 10.5. The molecule has 2 aromatic rings. The van der Waals surface area contributed by atoms with E-state index in [0.717, 1.165) is 5.69 Å². The molecule has 8 nitrogen and oxygen atoms in total. The summed E-state index contributed by atoms with van der Waals surface area (Å²) in [6, 6.07) is 7.39. The van der Waals surface area contributed by atoms with Crippen LogP contribution in [0.2, 0.25) is 0 Å². The van der Waals surface area contributed by atoms with Crippen LogP contribution < -0.4 is 5.43 Å². The van der Waals surface area contributed by atoms with Crippen LogP contribution in [0.4, 0.5) is 5.69 Å². The summed E-state index contributed by atoms with van der Waals surface area (Å²) in [5.74, 6) is -0.437. The predicted molar refractivity (Wildman–Crippen MR) is 71.5 cm³/mol. The number of carbonyl (C=O) groups excluding carboxylic acids is 1. The van der Waals surface area contributed by atoms with Gasteiger partial charge in [0.1, 0.15) is 0 Å². The quantitative estimate of drug-likeness (QED) is 0.497. The number of benzene rings is 1. The number of non-ortho nitro benzene ring substituents is 1.